The van der Waals surface area contributed by atoms with Gasteiger partial charge in [-0.1, -0.05) is 6.08 Å². The molecule has 0 spiro atoms. The zero-order chi connectivity index (χ0) is 9.68. The van der Waals surface area contributed by atoms with Crippen molar-refractivity contribution < 1.29 is 4.79 Å². The summed E-state index contributed by atoms with van der Waals surface area (Å²) in [7, 11) is 0. The van der Waals surface area contributed by atoms with Gasteiger partial charge in [0.15, 0.2) is 0 Å². The summed E-state index contributed by atoms with van der Waals surface area (Å²) in [6, 6.07) is 0.0924. The minimum absolute atomic E-state index is 0.0349. The Morgan fingerprint density at radius 1 is 1.62 bits per heavy atom. The standard InChI is InChI=1S/C9H16N2OS/c1-3-8(2)10-9(12)11-4-6-13-7-5-11/h3,8H,1,4-7H2,2H3,(H,10,12). The van der Waals surface area contributed by atoms with E-state index in [1.54, 1.807) is 6.08 Å². The second-order valence-electron chi connectivity index (χ2n) is 3.07. The lowest BCUT2D eigenvalue weighted by Gasteiger charge is -2.27. The molecule has 1 fully saturated rings. The van der Waals surface area contributed by atoms with Gasteiger partial charge >= 0.3 is 6.03 Å². The van der Waals surface area contributed by atoms with Crippen LogP contribution in [0.25, 0.3) is 0 Å². The van der Waals surface area contributed by atoms with Crippen LogP contribution in [0.2, 0.25) is 0 Å². The first-order chi connectivity index (χ1) is 6.24. The SMILES string of the molecule is C=CC(C)NC(=O)N1CCSCC1. The van der Waals surface area contributed by atoms with Gasteiger partial charge in [0.2, 0.25) is 0 Å². The summed E-state index contributed by atoms with van der Waals surface area (Å²) in [5, 5.41) is 2.86. The molecule has 0 bridgehead atoms. The summed E-state index contributed by atoms with van der Waals surface area (Å²) in [5.74, 6) is 2.10. The van der Waals surface area contributed by atoms with Crippen LogP contribution in [0.1, 0.15) is 6.92 Å². The Morgan fingerprint density at radius 2 is 2.23 bits per heavy atom. The van der Waals surface area contributed by atoms with E-state index in [0.717, 1.165) is 24.6 Å². The van der Waals surface area contributed by atoms with Crippen molar-refractivity contribution in [2.45, 2.75) is 13.0 Å². The first kappa shape index (κ1) is 10.4. The van der Waals surface area contributed by atoms with Gasteiger partial charge in [-0.25, -0.2) is 4.79 Å². The van der Waals surface area contributed by atoms with Gasteiger partial charge in [0.1, 0.15) is 0 Å². The predicted octanol–water partition coefficient (Wildman–Crippen LogP) is 1.32. The summed E-state index contributed by atoms with van der Waals surface area (Å²) in [5.41, 5.74) is 0. The molecule has 1 aliphatic rings. The number of hydrogen-bond acceptors (Lipinski definition) is 2. The molecular formula is C9H16N2OS. The number of nitrogens with one attached hydrogen (secondary N) is 1. The van der Waals surface area contributed by atoms with Crippen molar-refractivity contribution in [3.8, 4) is 0 Å². The molecule has 1 aliphatic heterocycles. The molecule has 74 valence electrons. The summed E-state index contributed by atoms with van der Waals surface area (Å²) < 4.78 is 0. The van der Waals surface area contributed by atoms with Crippen molar-refractivity contribution in [3.05, 3.63) is 12.7 Å². The Morgan fingerprint density at radius 3 is 2.77 bits per heavy atom. The van der Waals surface area contributed by atoms with Gasteiger partial charge in [-0.3, -0.25) is 0 Å². The summed E-state index contributed by atoms with van der Waals surface area (Å²) in [6.07, 6.45) is 1.73. The monoisotopic (exact) mass is 200 g/mol. The number of urea groups is 1. The van der Waals surface area contributed by atoms with Crippen molar-refractivity contribution in [3.63, 3.8) is 0 Å². The molecule has 13 heavy (non-hydrogen) atoms. The molecule has 4 heteroatoms. The van der Waals surface area contributed by atoms with Crippen molar-refractivity contribution in [2.24, 2.45) is 0 Å². The largest absolute Gasteiger partial charge is 0.332 e. The lowest BCUT2D eigenvalue weighted by Crippen LogP contribution is -2.46. The first-order valence-corrected chi connectivity index (χ1v) is 5.65. The normalized spacial score (nSPS) is 19.3. The lowest BCUT2D eigenvalue weighted by atomic mass is 10.3. The Hall–Kier alpha value is -0.640. The Kier molecular flexibility index (Phi) is 4.15. The molecule has 1 heterocycles. The minimum atomic E-state index is 0.0349. The Labute approximate surface area is 83.6 Å². The Bertz CT molecular complexity index is 190. The van der Waals surface area contributed by atoms with Gasteiger partial charge in [0, 0.05) is 30.6 Å². The molecule has 0 radical (unpaired) electrons. The van der Waals surface area contributed by atoms with E-state index in [9.17, 15) is 4.79 Å². The van der Waals surface area contributed by atoms with Gasteiger partial charge in [-0.15, -0.1) is 6.58 Å². The van der Waals surface area contributed by atoms with E-state index < -0.39 is 0 Å². The maximum atomic E-state index is 11.5. The number of amides is 2. The number of hydrogen-bond donors (Lipinski definition) is 1. The van der Waals surface area contributed by atoms with E-state index in [4.69, 9.17) is 0 Å². The van der Waals surface area contributed by atoms with Gasteiger partial charge < -0.3 is 10.2 Å². The average Bonchev–Trinajstić information content (AvgIpc) is 2.19. The summed E-state index contributed by atoms with van der Waals surface area (Å²) in [6.45, 7) is 7.26. The first-order valence-electron chi connectivity index (χ1n) is 4.50. The van der Waals surface area contributed by atoms with E-state index >= 15 is 0 Å². The van der Waals surface area contributed by atoms with Gasteiger partial charge in [-0.05, 0) is 6.92 Å². The molecule has 1 atom stereocenters. The maximum Gasteiger partial charge on any atom is 0.317 e. The number of carbonyl (C=O) groups is 1. The summed E-state index contributed by atoms with van der Waals surface area (Å²) in [4.78, 5) is 13.4. The van der Waals surface area contributed by atoms with Gasteiger partial charge in [0.05, 0.1) is 0 Å². The number of carbonyl (C=O) groups excluding carboxylic acids is 1. The van der Waals surface area contributed by atoms with E-state index in [1.807, 2.05) is 23.6 Å². The van der Waals surface area contributed by atoms with Crippen LogP contribution in [-0.2, 0) is 0 Å². The molecule has 0 aromatic heterocycles. The number of thioether (sulfide) groups is 1. The molecule has 3 nitrogen and oxygen atoms in total. The van der Waals surface area contributed by atoms with Crippen LogP contribution in [0.5, 0.6) is 0 Å². The highest BCUT2D eigenvalue weighted by atomic mass is 32.2. The third-order valence-corrected chi connectivity index (χ3v) is 2.95. The fourth-order valence-electron chi connectivity index (χ4n) is 1.11. The van der Waals surface area contributed by atoms with Crippen LogP contribution in [0.4, 0.5) is 4.79 Å². The molecule has 0 aromatic carbocycles. The number of rotatable bonds is 2. The van der Waals surface area contributed by atoms with Crippen LogP contribution >= 0.6 is 11.8 Å². The van der Waals surface area contributed by atoms with Crippen LogP contribution < -0.4 is 5.32 Å². The maximum absolute atomic E-state index is 11.5. The molecule has 0 aromatic rings. The highest BCUT2D eigenvalue weighted by Gasteiger charge is 2.16. The zero-order valence-electron chi connectivity index (χ0n) is 7.95. The van der Waals surface area contributed by atoms with Gasteiger partial charge in [0.25, 0.3) is 0 Å². The van der Waals surface area contributed by atoms with Crippen LogP contribution in [0.3, 0.4) is 0 Å². The molecule has 2 amide bonds. The second kappa shape index (κ2) is 5.17. The number of nitrogens with zero attached hydrogens (tertiary/aromatic N) is 1. The van der Waals surface area contributed by atoms with Crippen molar-refractivity contribution in [1.29, 1.82) is 0 Å². The molecule has 1 rings (SSSR count). The Balaban J connectivity index is 2.32. The van der Waals surface area contributed by atoms with E-state index in [2.05, 4.69) is 11.9 Å². The molecule has 1 N–H and O–H groups in total. The van der Waals surface area contributed by atoms with Crippen molar-refractivity contribution in [2.75, 3.05) is 24.6 Å². The molecular weight excluding hydrogens is 184 g/mol. The second-order valence-corrected chi connectivity index (χ2v) is 4.30. The molecule has 0 saturated carbocycles. The molecule has 1 saturated heterocycles. The van der Waals surface area contributed by atoms with Gasteiger partial charge in [-0.2, -0.15) is 11.8 Å². The fourth-order valence-corrected chi connectivity index (χ4v) is 2.01. The molecule has 0 aliphatic carbocycles. The highest BCUT2D eigenvalue weighted by Crippen LogP contribution is 2.08. The van der Waals surface area contributed by atoms with E-state index in [1.165, 1.54) is 0 Å². The van der Waals surface area contributed by atoms with E-state index in [0.29, 0.717) is 0 Å². The predicted molar refractivity (Wildman–Crippen MR) is 57.1 cm³/mol. The third kappa shape index (κ3) is 3.30. The molecule has 1 unspecified atom stereocenters. The van der Waals surface area contributed by atoms with Crippen molar-refractivity contribution >= 4 is 17.8 Å². The van der Waals surface area contributed by atoms with Crippen LogP contribution in [0.15, 0.2) is 12.7 Å². The minimum Gasteiger partial charge on any atom is -0.332 e. The smallest absolute Gasteiger partial charge is 0.317 e. The summed E-state index contributed by atoms with van der Waals surface area (Å²) >= 11 is 1.90. The lowest BCUT2D eigenvalue weighted by molar-refractivity contribution is 0.201. The zero-order valence-corrected chi connectivity index (χ0v) is 8.77. The third-order valence-electron chi connectivity index (χ3n) is 2.00. The average molecular weight is 200 g/mol. The van der Waals surface area contributed by atoms with E-state index in [-0.39, 0.29) is 12.1 Å². The fraction of sp³-hybridized carbons (Fsp3) is 0.667. The van der Waals surface area contributed by atoms with Crippen LogP contribution in [-0.4, -0.2) is 41.6 Å². The quantitative estimate of drug-likeness (QED) is 0.682. The van der Waals surface area contributed by atoms with Crippen LogP contribution in [0, 0.1) is 0 Å². The highest BCUT2D eigenvalue weighted by molar-refractivity contribution is 7.99. The van der Waals surface area contributed by atoms with Crippen molar-refractivity contribution in [1.82, 2.24) is 10.2 Å². The topological polar surface area (TPSA) is 32.3 Å².